The van der Waals surface area contributed by atoms with Crippen LogP contribution in [0.1, 0.15) is 65.2 Å². The van der Waals surface area contributed by atoms with Crippen LogP contribution in [0.15, 0.2) is 0 Å². The Hall–Kier alpha value is -1.06. The summed E-state index contributed by atoms with van der Waals surface area (Å²) in [5.41, 5.74) is 0. The normalized spacial score (nSPS) is 31.2. The van der Waals surface area contributed by atoms with Crippen LogP contribution in [-0.4, -0.2) is 25.2 Å². The zero-order chi connectivity index (χ0) is 15.9. The lowest BCUT2D eigenvalue weighted by Gasteiger charge is -2.41. The summed E-state index contributed by atoms with van der Waals surface area (Å²) in [7, 11) is 0. The van der Waals surface area contributed by atoms with Gasteiger partial charge in [0.05, 0.1) is 25.0 Å². The molecule has 0 aromatic carbocycles. The fraction of sp³-hybridized carbons (Fsp3) is 0.889. The second kappa shape index (κ2) is 8.54. The lowest BCUT2D eigenvalue weighted by molar-refractivity contribution is -0.166. The van der Waals surface area contributed by atoms with E-state index in [-0.39, 0.29) is 23.8 Å². The molecule has 0 saturated heterocycles. The van der Waals surface area contributed by atoms with Gasteiger partial charge in [-0.15, -0.1) is 0 Å². The zero-order valence-electron chi connectivity index (χ0n) is 14.0. The number of rotatable bonds is 6. The number of hydrogen-bond donors (Lipinski definition) is 0. The Morgan fingerprint density at radius 3 is 1.59 bits per heavy atom. The number of carbonyl (C=O) groups excluding carboxylic acids is 2. The predicted molar refractivity (Wildman–Crippen MR) is 84.2 cm³/mol. The maximum atomic E-state index is 12.4. The van der Waals surface area contributed by atoms with Crippen LogP contribution < -0.4 is 0 Å². The van der Waals surface area contributed by atoms with Gasteiger partial charge in [-0.2, -0.15) is 0 Å². The van der Waals surface area contributed by atoms with Crippen molar-refractivity contribution >= 4 is 11.9 Å². The zero-order valence-corrected chi connectivity index (χ0v) is 14.0. The minimum absolute atomic E-state index is 0.190. The minimum Gasteiger partial charge on any atom is -0.465 e. The summed E-state index contributed by atoms with van der Waals surface area (Å²) >= 11 is 0. The molecule has 0 aliphatic heterocycles. The maximum Gasteiger partial charge on any atom is 0.309 e. The van der Waals surface area contributed by atoms with E-state index in [1.807, 2.05) is 13.8 Å². The van der Waals surface area contributed by atoms with Crippen molar-refractivity contribution in [1.29, 1.82) is 0 Å². The first kappa shape index (κ1) is 17.3. The third kappa shape index (κ3) is 4.23. The maximum absolute atomic E-state index is 12.4. The Morgan fingerprint density at radius 1 is 0.818 bits per heavy atom. The van der Waals surface area contributed by atoms with Gasteiger partial charge in [-0.1, -0.05) is 39.5 Å². The number of carbonyl (C=O) groups is 2. The van der Waals surface area contributed by atoms with Crippen molar-refractivity contribution in [2.45, 2.75) is 65.2 Å². The van der Waals surface area contributed by atoms with E-state index in [4.69, 9.17) is 9.47 Å². The standard InChI is InChI=1S/C18H30O4/c1-3-9-21-17(19)15-11-13-7-5-6-8-14(13)12-16(15)18(20)22-10-4-2/h13-16H,3-12H2,1-2H3. The Bertz CT molecular complexity index is 343. The molecule has 4 unspecified atom stereocenters. The highest BCUT2D eigenvalue weighted by Crippen LogP contribution is 2.46. The van der Waals surface area contributed by atoms with Gasteiger partial charge < -0.3 is 9.47 Å². The van der Waals surface area contributed by atoms with Gasteiger partial charge in [0.1, 0.15) is 0 Å². The highest BCUT2D eigenvalue weighted by Gasteiger charge is 2.45. The van der Waals surface area contributed by atoms with Crippen molar-refractivity contribution in [3.63, 3.8) is 0 Å². The van der Waals surface area contributed by atoms with E-state index in [9.17, 15) is 9.59 Å². The smallest absolute Gasteiger partial charge is 0.309 e. The molecule has 4 nitrogen and oxygen atoms in total. The van der Waals surface area contributed by atoms with Crippen LogP contribution in [0.4, 0.5) is 0 Å². The van der Waals surface area contributed by atoms with Gasteiger partial charge in [0, 0.05) is 0 Å². The summed E-state index contributed by atoms with van der Waals surface area (Å²) in [4.78, 5) is 24.8. The molecule has 4 atom stereocenters. The van der Waals surface area contributed by atoms with Crippen LogP contribution in [0.5, 0.6) is 0 Å². The lowest BCUT2D eigenvalue weighted by Crippen LogP contribution is -2.42. The Balaban J connectivity index is 2.06. The van der Waals surface area contributed by atoms with Crippen LogP contribution in [-0.2, 0) is 19.1 Å². The van der Waals surface area contributed by atoms with E-state index in [1.54, 1.807) is 0 Å². The molecule has 2 saturated carbocycles. The molecule has 2 aliphatic carbocycles. The highest BCUT2D eigenvalue weighted by molar-refractivity contribution is 5.82. The number of hydrogen-bond acceptors (Lipinski definition) is 4. The molecule has 0 amide bonds. The van der Waals surface area contributed by atoms with Crippen LogP contribution in [0.2, 0.25) is 0 Å². The van der Waals surface area contributed by atoms with E-state index in [0.29, 0.717) is 25.0 Å². The van der Waals surface area contributed by atoms with Gasteiger partial charge in [-0.05, 0) is 37.5 Å². The van der Waals surface area contributed by atoms with Crippen molar-refractivity contribution < 1.29 is 19.1 Å². The molecule has 2 fully saturated rings. The molecule has 0 heterocycles. The molecular formula is C18H30O4. The molecule has 0 bridgehead atoms. The van der Waals surface area contributed by atoms with Crippen molar-refractivity contribution in [2.24, 2.45) is 23.7 Å². The van der Waals surface area contributed by atoms with Crippen molar-refractivity contribution in [3.8, 4) is 0 Å². The van der Waals surface area contributed by atoms with Gasteiger partial charge in [-0.25, -0.2) is 0 Å². The van der Waals surface area contributed by atoms with E-state index in [1.165, 1.54) is 25.7 Å². The van der Waals surface area contributed by atoms with Crippen LogP contribution in [0.3, 0.4) is 0 Å². The van der Waals surface area contributed by atoms with E-state index in [2.05, 4.69) is 0 Å². The largest absolute Gasteiger partial charge is 0.465 e. The highest BCUT2D eigenvalue weighted by atomic mass is 16.5. The quantitative estimate of drug-likeness (QED) is 0.702. The van der Waals surface area contributed by atoms with Gasteiger partial charge >= 0.3 is 11.9 Å². The Morgan fingerprint density at radius 2 is 1.23 bits per heavy atom. The number of ether oxygens (including phenoxy) is 2. The molecule has 0 N–H and O–H groups in total. The Labute approximate surface area is 133 Å². The predicted octanol–water partition coefficient (Wildman–Crippen LogP) is 3.73. The summed E-state index contributed by atoms with van der Waals surface area (Å²) in [6, 6.07) is 0. The second-order valence-electron chi connectivity index (χ2n) is 6.82. The fourth-order valence-electron chi connectivity index (χ4n) is 4.03. The first-order chi connectivity index (χ1) is 10.7. The summed E-state index contributed by atoms with van der Waals surface area (Å²) in [5.74, 6) is 0.199. The van der Waals surface area contributed by atoms with E-state index >= 15 is 0 Å². The average molecular weight is 310 g/mol. The van der Waals surface area contributed by atoms with Gasteiger partial charge in [-0.3, -0.25) is 9.59 Å². The lowest BCUT2D eigenvalue weighted by atomic mass is 9.63. The molecule has 22 heavy (non-hydrogen) atoms. The van der Waals surface area contributed by atoms with Crippen LogP contribution >= 0.6 is 0 Å². The Kier molecular flexibility index (Phi) is 6.71. The molecule has 126 valence electrons. The monoisotopic (exact) mass is 310 g/mol. The first-order valence-corrected chi connectivity index (χ1v) is 9.00. The van der Waals surface area contributed by atoms with Crippen molar-refractivity contribution in [3.05, 3.63) is 0 Å². The third-order valence-corrected chi connectivity index (χ3v) is 5.17. The van der Waals surface area contributed by atoms with E-state index < -0.39 is 0 Å². The summed E-state index contributed by atoms with van der Waals surface area (Å²) in [5, 5.41) is 0. The van der Waals surface area contributed by atoms with E-state index in [0.717, 1.165) is 25.7 Å². The third-order valence-electron chi connectivity index (χ3n) is 5.17. The molecule has 2 aliphatic rings. The summed E-state index contributed by atoms with van der Waals surface area (Å²) in [6.45, 7) is 4.86. The van der Waals surface area contributed by atoms with Crippen molar-refractivity contribution in [2.75, 3.05) is 13.2 Å². The summed E-state index contributed by atoms with van der Waals surface area (Å²) in [6.07, 6.45) is 8.13. The second-order valence-corrected chi connectivity index (χ2v) is 6.82. The average Bonchev–Trinajstić information content (AvgIpc) is 2.56. The van der Waals surface area contributed by atoms with Crippen LogP contribution in [0, 0.1) is 23.7 Å². The summed E-state index contributed by atoms with van der Waals surface area (Å²) < 4.78 is 10.7. The number of fused-ring (bicyclic) bond motifs is 1. The molecule has 0 aromatic heterocycles. The van der Waals surface area contributed by atoms with Crippen LogP contribution in [0.25, 0.3) is 0 Å². The first-order valence-electron chi connectivity index (χ1n) is 9.00. The van der Waals surface area contributed by atoms with Crippen molar-refractivity contribution in [1.82, 2.24) is 0 Å². The van der Waals surface area contributed by atoms with Gasteiger partial charge in [0.25, 0.3) is 0 Å². The minimum atomic E-state index is -0.296. The SMILES string of the molecule is CCCOC(=O)C1CC2CCCCC2CC1C(=O)OCCC. The molecule has 4 heteroatoms. The van der Waals surface area contributed by atoms with Gasteiger partial charge in [0.2, 0.25) is 0 Å². The molecule has 2 rings (SSSR count). The molecule has 0 spiro atoms. The van der Waals surface area contributed by atoms with Gasteiger partial charge in [0.15, 0.2) is 0 Å². The molecule has 0 aromatic rings. The number of esters is 2. The fourth-order valence-corrected chi connectivity index (χ4v) is 4.03. The molecule has 0 radical (unpaired) electrons. The molecular weight excluding hydrogens is 280 g/mol. The topological polar surface area (TPSA) is 52.6 Å².